The van der Waals surface area contributed by atoms with Gasteiger partial charge < -0.3 is 9.30 Å². The summed E-state index contributed by atoms with van der Waals surface area (Å²) >= 11 is 2.99. The number of benzene rings is 2. The van der Waals surface area contributed by atoms with Crippen molar-refractivity contribution in [3.63, 3.8) is 0 Å². The zero-order valence-electron chi connectivity index (χ0n) is 16.2. The number of carbonyl (C=O) groups excluding carboxylic acids is 1. The SMILES string of the molecule is CCOCCn1c(=NC(=O)Cc2ccc(SC)cc2)sc2ccc([N+](=O)[O-])cc21. The summed E-state index contributed by atoms with van der Waals surface area (Å²) in [6, 6.07) is 12.5. The van der Waals surface area contributed by atoms with Crippen LogP contribution in [0.2, 0.25) is 0 Å². The highest BCUT2D eigenvalue weighted by molar-refractivity contribution is 7.98. The molecule has 152 valence electrons. The van der Waals surface area contributed by atoms with Crippen molar-refractivity contribution in [2.24, 2.45) is 4.99 Å². The van der Waals surface area contributed by atoms with Crippen LogP contribution in [0.4, 0.5) is 5.69 Å². The Kier molecular flexibility index (Phi) is 7.18. The second-order valence-electron chi connectivity index (χ2n) is 6.17. The number of nitro benzene ring substituents is 1. The van der Waals surface area contributed by atoms with Crippen molar-refractivity contribution in [3.05, 3.63) is 62.9 Å². The third-order valence-corrected chi connectivity index (χ3v) is 6.08. The molecule has 1 amide bonds. The summed E-state index contributed by atoms with van der Waals surface area (Å²) < 4.78 is 8.09. The second kappa shape index (κ2) is 9.82. The Morgan fingerprint density at radius 2 is 2.03 bits per heavy atom. The van der Waals surface area contributed by atoms with E-state index in [1.54, 1.807) is 17.8 Å². The highest BCUT2D eigenvalue weighted by Crippen LogP contribution is 2.23. The normalized spacial score (nSPS) is 11.9. The van der Waals surface area contributed by atoms with Crippen LogP contribution in [-0.2, 0) is 22.5 Å². The Bertz CT molecular complexity index is 1090. The molecule has 0 fully saturated rings. The maximum atomic E-state index is 12.6. The number of ether oxygens (including phenoxy) is 1. The van der Waals surface area contributed by atoms with Crippen LogP contribution in [0, 0.1) is 10.1 Å². The molecule has 1 aromatic heterocycles. The third-order valence-electron chi connectivity index (χ3n) is 4.27. The van der Waals surface area contributed by atoms with Crippen LogP contribution in [0.3, 0.4) is 0 Å². The molecule has 0 saturated carbocycles. The summed E-state index contributed by atoms with van der Waals surface area (Å²) in [5, 5.41) is 11.1. The van der Waals surface area contributed by atoms with Gasteiger partial charge in [0.1, 0.15) is 0 Å². The fraction of sp³-hybridized carbons (Fsp3) is 0.300. The zero-order chi connectivity index (χ0) is 20.8. The number of amides is 1. The van der Waals surface area contributed by atoms with E-state index in [4.69, 9.17) is 4.74 Å². The second-order valence-corrected chi connectivity index (χ2v) is 8.06. The van der Waals surface area contributed by atoms with Gasteiger partial charge in [0.15, 0.2) is 4.80 Å². The quantitative estimate of drug-likeness (QED) is 0.232. The minimum atomic E-state index is -0.426. The van der Waals surface area contributed by atoms with Gasteiger partial charge in [0, 0.05) is 30.2 Å². The van der Waals surface area contributed by atoms with Gasteiger partial charge in [0.25, 0.3) is 11.6 Å². The first-order valence-electron chi connectivity index (χ1n) is 9.08. The smallest absolute Gasteiger partial charge is 0.271 e. The van der Waals surface area contributed by atoms with Gasteiger partial charge in [-0.25, -0.2) is 0 Å². The molecule has 0 aliphatic rings. The van der Waals surface area contributed by atoms with Crippen LogP contribution in [0.25, 0.3) is 10.2 Å². The highest BCUT2D eigenvalue weighted by Gasteiger charge is 2.13. The van der Waals surface area contributed by atoms with E-state index in [1.165, 1.54) is 23.5 Å². The van der Waals surface area contributed by atoms with Crippen molar-refractivity contribution in [2.75, 3.05) is 19.5 Å². The first-order chi connectivity index (χ1) is 14.0. The van der Waals surface area contributed by atoms with Gasteiger partial charge in [-0.05, 0) is 36.9 Å². The summed E-state index contributed by atoms with van der Waals surface area (Å²) in [6.45, 7) is 3.37. The molecular formula is C20H21N3O4S2. The van der Waals surface area contributed by atoms with Crippen LogP contribution in [-0.4, -0.2) is 34.9 Å². The summed E-state index contributed by atoms with van der Waals surface area (Å²) in [4.78, 5) is 29.2. The number of aromatic nitrogens is 1. The summed E-state index contributed by atoms with van der Waals surface area (Å²) in [5.41, 5.74) is 1.58. The number of nitro groups is 1. The molecule has 0 aliphatic heterocycles. The maximum Gasteiger partial charge on any atom is 0.271 e. The van der Waals surface area contributed by atoms with Crippen molar-refractivity contribution in [3.8, 4) is 0 Å². The fourth-order valence-corrected chi connectivity index (χ4v) is 4.30. The molecule has 0 N–H and O–H groups in total. The van der Waals surface area contributed by atoms with Crippen molar-refractivity contribution in [2.45, 2.75) is 24.8 Å². The summed E-state index contributed by atoms with van der Waals surface area (Å²) in [7, 11) is 0. The van der Waals surface area contributed by atoms with Gasteiger partial charge in [-0.15, -0.1) is 11.8 Å². The monoisotopic (exact) mass is 431 g/mol. The van der Waals surface area contributed by atoms with Gasteiger partial charge in [-0.1, -0.05) is 23.5 Å². The largest absolute Gasteiger partial charge is 0.380 e. The molecule has 7 nitrogen and oxygen atoms in total. The van der Waals surface area contributed by atoms with E-state index in [0.29, 0.717) is 30.1 Å². The van der Waals surface area contributed by atoms with Crippen molar-refractivity contribution < 1.29 is 14.5 Å². The zero-order valence-corrected chi connectivity index (χ0v) is 17.8. The molecule has 0 saturated heterocycles. The van der Waals surface area contributed by atoms with Crippen molar-refractivity contribution in [1.29, 1.82) is 0 Å². The number of carbonyl (C=O) groups is 1. The molecule has 0 spiro atoms. The number of thiazole rings is 1. The van der Waals surface area contributed by atoms with Gasteiger partial charge in [-0.2, -0.15) is 4.99 Å². The van der Waals surface area contributed by atoms with Crippen LogP contribution in [0.1, 0.15) is 12.5 Å². The average Bonchev–Trinajstić information content (AvgIpc) is 3.05. The predicted octanol–water partition coefficient (Wildman–Crippen LogP) is 4.04. The van der Waals surface area contributed by atoms with Gasteiger partial charge in [0.2, 0.25) is 0 Å². The molecule has 9 heteroatoms. The lowest BCUT2D eigenvalue weighted by atomic mass is 10.1. The molecule has 3 aromatic rings. The predicted molar refractivity (Wildman–Crippen MR) is 115 cm³/mol. The van der Waals surface area contributed by atoms with Crippen molar-refractivity contribution in [1.82, 2.24) is 4.57 Å². The number of thioether (sulfide) groups is 1. The van der Waals surface area contributed by atoms with E-state index in [9.17, 15) is 14.9 Å². The lowest BCUT2D eigenvalue weighted by Crippen LogP contribution is -2.20. The van der Waals surface area contributed by atoms with Crippen LogP contribution < -0.4 is 4.80 Å². The van der Waals surface area contributed by atoms with Crippen LogP contribution >= 0.6 is 23.1 Å². The minimum absolute atomic E-state index is 0.00669. The molecule has 1 heterocycles. The third kappa shape index (κ3) is 5.31. The van der Waals surface area contributed by atoms with Crippen LogP contribution in [0.15, 0.2) is 52.4 Å². The van der Waals surface area contributed by atoms with Gasteiger partial charge in [0.05, 0.1) is 28.2 Å². The van der Waals surface area contributed by atoms with E-state index in [1.807, 2.05) is 42.0 Å². The number of hydrogen-bond acceptors (Lipinski definition) is 6. The molecular weight excluding hydrogens is 410 g/mol. The molecule has 0 bridgehead atoms. The van der Waals surface area contributed by atoms with E-state index in [-0.39, 0.29) is 18.0 Å². The number of non-ortho nitro benzene ring substituents is 1. The number of fused-ring (bicyclic) bond motifs is 1. The lowest BCUT2D eigenvalue weighted by Gasteiger charge is -2.05. The minimum Gasteiger partial charge on any atom is -0.380 e. The number of rotatable bonds is 8. The topological polar surface area (TPSA) is 86.7 Å². The maximum absolute atomic E-state index is 12.6. The summed E-state index contributed by atoms with van der Waals surface area (Å²) in [6.07, 6.45) is 2.21. The average molecular weight is 432 g/mol. The first-order valence-corrected chi connectivity index (χ1v) is 11.1. The fourth-order valence-electron chi connectivity index (χ4n) is 2.84. The van der Waals surface area contributed by atoms with Gasteiger partial charge >= 0.3 is 0 Å². The number of hydrogen-bond donors (Lipinski definition) is 0. The Morgan fingerprint density at radius 1 is 1.28 bits per heavy atom. The van der Waals surface area contributed by atoms with Crippen LogP contribution in [0.5, 0.6) is 0 Å². The van der Waals surface area contributed by atoms with Crippen molar-refractivity contribution >= 4 is 44.9 Å². The number of nitrogens with zero attached hydrogens (tertiary/aromatic N) is 3. The first kappa shape index (κ1) is 21.2. The van der Waals surface area contributed by atoms with E-state index in [0.717, 1.165) is 15.2 Å². The Hall–Kier alpha value is -2.49. The molecule has 0 atom stereocenters. The van der Waals surface area contributed by atoms with Gasteiger partial charge in [-0.3, -0.25) is 14.9 Å². The Labute approximate surface area is 176 Å². The Balaban J connectivity index is 1.95. The molecule has 0 unspecified atom stereocenters. The molecule has 2 aromatic carbocycles. The van der Waals surface area contributed by atoms with E-state index < -0.39 is 4.92 Å². The molecule has 0 radical (unpaired) electrons. The molecule has 29 heavy (non-hydrogen) atoms. The van der Waals surface area contributed by atoms with E-state index >= 15 is 0 Å². The summed E-state index contributed by atoms with van der Waals surface area (Å²) in [5.74, 6) is -0.256. The molecule has 3 rings (SSSR count). The molecule has 0 aliphatic carbocycles. The highest BCUT2D eigenvalue weighted by atomic mass is 32.2. The standard InChI is InChI=1S/C20H21N3O4S2/c1-3-27-11-10-22-17-13-15(23(25)26)6-9-18(17)29-20(22)21-19(24)12-14-4-7-16(28-2)8-5-14/h4-9,13H,3,10-12H2,1-2H3. The Morgan fingerprint density at radius 3 is 2.69 bits per heavy atom. The van der Waals surface area contributed by atoms with E-state index in [2.05, 4.69) is 4.99 Å². The lowest BCUT2D eigenvalue weighted by molar-refractivity contribution is -0.384.